The minimum absolute atomic E-state index is 0.324. The summed E-state index contributed by atoms with van der Waals surface area (Å²) < 4.78 is 26.8. The van der Waals surface area contributed by atoms with Crippen molar-refractivity contribution in [2.24, 2.45) is 0 Å². The molecule has 0 saturated heterocycles. The molecule has 2 rings (SSSR count). The molecule has 0 aliphatic rings. The van der Waals surface area contributed by atoms with E-state index in [0.717, 1.165) is 12.1 Å². The van der Waals surface area contributed by atoms with Crippen LogP contribution in [0.4, 0.5) is 8.78 Å². The Morgan fingerprint density at radius 3 is 2.44 bits per heavy atom. The first-order valence-electron chi connectivity index (χ1n) is 4.63. The molecule has 1 unspecified atom stereocenters. The van der Waals surface area contributed by atoms with E-state index in [4.69, 9.17) is 0 Å². The Morgan fingerprint density at radius 2 is 1.94 bits per heavy atom. The van der Waals surface area contributed by atoms with Gasteiger partial charge in [0.25, 0.3) is 0 Å². The topological polar surface area (TPSA) is 33.1 Å². The highest BCUT2D eigenvalue weighted by atomic mass is 32.1. The van der Waals surface area contributed by atoms with Gasteiger partial charge < -0.3 is 5.11 Å². The van der Waals surface area contributed by atoms with E-state index in [1.165, 1.54) is 22.9 Å². The van der Waals surface area contributed by atoms with E-state index < -0.39 is 17.7 Å². The van der Waals surface area contributed by atoms with Gasteiger partial charge in [-0.05, 0) is 19.1 Å². The summed E-state index contributed by atoms with van der Waals surface area (Å²) in [5.74, 6) is -1.50. The molecule has 0 aliphatic heterocycles. The summed E-state index contributed by atoms with van der Waals surface area (Å²) in [4.78, 5) is 4.40. The molecule has 2 aromatic rings. The van der Waals surface area contributed by atoms with Gasteiger partial charge in [-0.3, -0.25) is 0 Å². The number of thiazole rings is 1. The largest absolute Gasteiger partial charge is 0.383 e. The average Bonchev–Trinajstić information content (AvgIpc) is 2.64. The van der Waals surface area contributed by atoms with Crippen LogP contribution in [0.5, 0.6) is 0 Å². The number of hydrogen-bond acceptors (Lipinski definition) is 3. The van der Waals surface area contributed by atoms with Crippen molar-refractivity contribution in [3.63, 3.8) is 0 Å². The zero-order chi connectivity index (χ0) is 11.7. The van der Waals surface area contributed by atoms with Crippen molar-refractivity contribution in [3.05, 3.63) is 51.5 Å². The molecule has 0 aliphatic carbocycles. The van der Waals surface area contributed by atoms with Crippen LogP contribution in [-0.4, -0.2) is 10.1 Å². The number of aryl methyl sites for hydroxylation is 1. The summed E-state index contributed by atoms with van der Waals surface area (Å²) in [5.41, 5.74) is 1.79. The molecule has 1 aromatic carbocycles. The van der Waals surface area contributed by atoms with E-state index in [1.807, 2.05) is 0 Å². The van der Waals surface area contributed by atoms with Crippen LogP contribution in [0.15, 0.2) is 23.7 Å². The Hall–Kier alpha value is -1.33. The number of rotatable bonds is 2. The van der Waals surface area contributed by atoms with E-state index in [-0.39, 0.29) is 5.56 Å². The van der Waals surface area contributed by atoms with Gasteiger partial charge in [0.05, 0.1) is 21.6 Å². The molecule has 1 atom stereocenters. The quantitative estimate of drug-likeness (QED) is 0.877. The molecule has 5 heteroatoms. The lowest BCUT2D eigenvalue weighted by atomic mass is 10.1. The van der Waals surface area contributed by atoms with E-state index in [0.29, 0.717) is 10.6 Å². The molecular weight excluding hydrogens is 232 g/mol. The number of nitrogens with zero attached hydrogens (tertiary/aromatic N) is 1. The van der Waals surface area contributed by atoms with Crippen LogP contribution >= 0.6 is 11.3 Å². The highest BCUT2D eigenvalue weighted by Gasteiger charge is 2.22. The molecule has 0 saturated carbocycles. The lowest BCUT2D eigenvalue weighted by Crippen LogP contribution is -2.05. The molecule has 84 valence electrons. The molecule has 0 fully saturated rings. The van der Waals surface area contributed by atoms with Gasteiger partial charge in [0.2, 0.25) is 0 Å². The summed E-state index contributed by atoms with van der Waals surface area (Å²) in [6.07, 6.45) is -1.30. The van der Waals surface area contributed by atoms with Crippen molar-refractivity contribution in [3.8, 4) is 0 Å². The molecule has 16 heavy (non-hydrogen) atoms. The predicted molar refractivity (Wildman–Crippen MR) is 57.3 cm³/mol. The van der Waals surface area contributed by atoms with E-state index in [2.05, 4.69) is 4.98 Å². The summed E-state index contributed by atoms with van der Waals surface area (Å²) in [6.45, 7) is 1.69. The molecule has 0 amide bonds. The summed E-state index contributed by atoms with van der Waals surface area (Å²) in [7, 11) is 0. The van der Waals surface area contributed by atoms with Crippen LogP contribution in [0.2, 0.25) is 0 Å². The van der Waals surface area contributed by atoms with Gasteiger partial charge in [0.1, 0.15) is 17.7 Å². The zero-order valence-corrected chi connectivity index (χ0v) is 9.26. The van der Waals surface area contributed by atoms with Crippen molar-refractivity contribution in [2.75, 3.05) is 0 Å². The summed E-state index contributed by atoms with van der Waals surface area (Å²) in [6, 6.07) is 3.51. The monoisotopic (exact) mass is 241 g/mol. The minimum Gasteiger partial charge on any atom is -0.383 e. The average molecular weight is 241 g/mol. The fourth-order valence-electron chi connectivity index (χ4n) is 1.48. The van der Waals surface area contributed by atoms with Gasteiger partial charge >= 0.3 is 0 Å². The first kappa shape index (κ1) is 11.2. The Bertz CT molecular complexity index is 492. The van der Waals surface area contributed by atoms with E-state index >= 15 is 0 Å². The fraction of sp³-hybridized carbons (Fsp3) is 0.182. The third-order valence-corrected chi connectivity index (χ3v) is 3.29. The second kappa shape index (κ2) is 4.27. The Kier molecular flexibility index (Phi) is 2.98. The molecule has 1 heterocycles. The van der Waals surface area contributed by atoms with Crippen LogP contribution in [0.25, 0.3) is 0 Å². The zero-order valence-electron chi connectivity index (χ0n) is 8.45. The molecule has 1 N–H and O–H groups in total. The molecule has 0 bridgehead atoms. The van der Waals surface area contributed by atoms with Crippen LogP contribution < -0.4 is 0 Å². The molecule has 0 radical (unpaired) electrons. The van der Waals surface area contributed by atoms with E-state index in [9.17, 15) is 13.9 Å². The third kappa shape index (κ3) is 1.83. The number of benzene rings is 1. The van der Waals surface area contributed by atoms with E-state index in [1.54, 1.807) is 6.92 Å². The highest BCUT2D eigenvalue weighted by Crippen LogP contribution is 2.30. The number of hydrogen-bond donors (Lipinski definition) is 1. The minimum atomic E-state index is -1.30. The number of halogens is 2. The smallest absolute Gasteiger partial charge is 0.132 e. The van der Waals surface area contributed by atoms with Crippen molar-refractivity contribution in [1.82, 2.24) is 4.98 Å². The van der Waals surface area contributed by atoms with Crippen molar-refractivity contribution in [1.29, 1.82) is 0 Å². The molecule has 0 spiro atoms. The molecule has 1 aromatic heterocycles. The SMILES string of the molecule is Cc1ncsc1C(O)c1c(F)cccc1F. The van der Waals surface area contributed by atoms with Crippen molar-refractivity contribution >= 4 is 11.3 Å². The predicted octanol–water partition coefficient (Wildman–Crippen LogP) is 2.81. The second-order valence-electron chi connectivity index (χ2n) is 3.34. The van der Waals surface area contributed by atoms with Crippen LogP contribution in [0.3, 0.4) is 0 Å². The van der Waals surface area contributed by atoms with Crippen molar-refractivity contribution in [2.45, 2.75) is 13.0 Å². The first-order chi connectivity index (χ1) is 7.61. The van der Waals surface area contributed by atoms with Crippen LogP contribution in [0.1, 0.15) is 22.2 Å². The Labute approximate surface area is 95.2 Å². The Balaban J connectivity index is 2.49. The maximum Gasteiger partial charge on any atom is 0.132 e. The van der Waals surface area contributed by atoms with Crippen LogP contribution in [-0.2, 0) is 0 Å². The standard InChI is InChI=1S/C11H9F2NOS/c1-6-11(16-5-14-6)10(15)9-7(12)3-2-4-8(9)13/h2-5,10,15H,1H3. The first-order valence-corrected chi connectivity index (χ1v) is 5.51. The summed E-state index contributed by atoms with van der Waals surface area (Å²) >= 11 is 1.18. The number of aliphatic hydroxyl groups excluding tert-OH is 1. The number of aromatic nitrogens is 1. The van der Waals surface area contributed by atoms with Gasteiger partial charge in [-0.15, -0.1) is 11.3 Å². The lowest BCUT2D eigenvalue weighted by Gasteiger charge is -2.11. The third-order valence-electron chi connectivity index (χ3n) is 2.30. The highest BCUT2D eigenvalue weighted by molar-refractivity contribution is 7.09. The number of aliphatic hydroxyl groups is 1. The van der Waals surface area contributed by atoms with Crippen molar-refractivity contribution < 1.29 is 13.9 Å². The molecule has 2 nitrogen and oxygen atoms in total. The maximum atomic E-state index is 13.4. The van der Waals surface area contributed by atoms with Gasteiger partial charge in [-0.1, -0.05) is 6.07 Å². The Morgan fingerprint density at radius 1 is 1.31 bits per heavy atom. The van der Waals surface area contributed by atoms with Gasteiger partial charge in [0.15, 0.2) is 0 Å². The lowest BCUT2D eigenvalue weighted by molar-refractivity contribution is 0.212. The second-order valence-corrected chi connectivity index (χ2v) is 4.23. The van der Waals surface area contributed by atoms with Gasteiger partial charge in [-0.2, -0.15) is 0 Å². The van der Waals surface area contributed by atoms with Crippen LogP contribution in [0, 0.1) is 18.6 Å². The fourth-order valence-corrected chi connectivity index (χ4v) is 2.27. The van der Waals surface area contributed by atoms with Gasteiger partial charge in [-0.25, -0.2) is 13.8 Å². The van der Waals surface area contributed by atoms with Gasteiger partial charge in [0, 0.05) is 0 Å². The molecular formula is C11H9F2NOS. The maximum absolute atomic E-state index is 13.4. The normalized spacial score (nSPS) is 12.8. The summed E-state index contributed by atoms with van der Waals surface area (Å²) in [5, 5.41) is 9.91.